The molecule has 0 radical (unpaired) electrons. The minimum Gasteiger partial charge on any atom is -0.381 e. The molecule has 4 rings (SSSR count). The number of anilines is 1. The number of pyridine rings is 1. The summed E-state index contributed by atoms with van der Waals surface area (Å²) in [5, 5.41) is 3.28. The van der Waals surface area contributed by atoms with Gasteiger partial charge in [-0.1, -0.05) is 28.1 Å². The number of morpholine rings is 1. The number of carbonyl (C=O) groups excluding carboxylic acids is 1. The van der Waals surface area contributed by atoms with Gasteiger partial charge in [0, 0.05) is 37.0 Å². The highest BCUT2D eigenvalue weighted by Crippen LogP contribution is 2.34. The third-order valence-electron chi connectivity index (χ3n) is 5.42. The molecule has 0 aliphatic carbocycles. The van der Waals surface area contributed by atoms with Gasteiger partial charge in [-0.15, -0.1) is 0 Å². The Hall–Kier alpha value is -1.96. The Morgan fingerprint density at radius 3 is 2.50 bits per heavy atom. The van der Waals surface area contributed by atoms with E-state index in [1.807, 2.05) is 24.3 Å². The van der Waals surface area contributed by atoms with Crippen molar-refractivity contribution in [3.63, 3.8) is 0 Å². The summed E-state index contributed by atoms with van der Waals surface area (Å²) in [6.45, 7) is 4.32. The number of amides is 1. The number of aromatic nitrogens is 1. The van der Waals surface area contributed by atoms with Gasteiger partial charge in [0.25, 0.3) is 5.91 Å². The fourth-order valence-corrected chi connectivity index (χ4v) is 4.18. The van der Waals surface area contributed by atoms with E-state index in [9.17, 15) is 4.79 Å². The molecular formula is C21H24BrN3O3. The molecule has 1 N–H and O–H groups in total. The van der Waals surface area contributed by atoms with Crippen molar-refractivity contribution in [2.24, 2.45) is 0 Å². The molecule has 2 aliphatic rings. The van der Waals surface area contributed by atoms with Crippen molar-refractivity contribution in [1.29, 1.82) is 0 Å². The van der Waals surface area contributed by atoms with Crippen molar-refractivity contribution < 1.29 is 14.3 Å². The van der Waals surface area contributed by atoms with E-state index in [1.165, 1.54) is 0 Å². The Labute approximate surface area is 173 Å². The van der Waals surface area contributed by atoms with Crippen molar-refractivity contribution in [2.45, 2.75) is 18.4 Å². The van der Waals surface area contributed by atoms with Crippen molar-refractivity contribution in [2.75, 3.05) is 44.4 Å². The molecule has 1 aromatic carbocycles. The molecular weight excluding hydrogens is 422 g/mol. The maximum absolute atomic E-state index is 13.0. The third kappa shape index (κ3) is 4.21. The molecule has 2 saturated heterocycles. The smallest absolute Gasteiger partial charge is 0.253 e. The van der Waals surface area contributed by atoms with Crippen LogP contribution < -0.4 is 10.2 Å². The second-order valence-corrected chi connectivity index (χ2v) is 8.08. The monoisotopic (exact) mass is 445 g/mol. The number of halogens is 1. The topological polar surface area (TPSA) is 63.7 Å². The molecule has 0 unspecified atom stereocenters. The van der Waals surface area contributed by atoms with E-state index in [1.54, 1.807) is 6.20 Å². The maximum atomic E-state index is 13.0. The summed E-state index contributed by atoms with van der Waals surface area (Å²) in [4.78, 5) is 19.7. The van der Waals surface area contributed by atoms with Gasteiger partial charge in [-0.2, -0.15) is 0 Å². The quantitative estimate of drug-likeness (QED) is 0.782. The molecule has 0 spiro atoms. The zero-order valence-corrected chi connectivity index (χ0v) is 17.3. The summed E-state index contributed by atoms with van der Waals surface area (Å²) >= 11 is 3.54. The molecule has 0 atom stereocenters. The molecule has 3 heterocycles. The fraction of sp³-hybridized carbons (Fsp3) is 0.429. The summed E-state index contributed by atoms with van der Waals surface area (Å²) in [6, 6.07) is 11.9. The zero-order valence-electron chi connectivity index (χ0n) is 15.7. The van der Waals surface area contributed by atoms with E-state index in [0.717, 1.165) is 41.8 Å². The standard InChI is InChI=1S/C21H24BrN3O3/c22-18-3-1-2-17(14-18)21(6-10-27-11-7-21)24-20(26)16-4-5-19(23-15-16)25-8-12-28-13-9-25/h1-5,14-15H,6-13H2,(H,24,26). The molecule has 148 valence electrons. The Morgan fingerprint density at radius 1 is 1.07 bits per heavy atom. The lowest BCUT2D eigenvalue weighted by Crippen LogP contribution is -2.49. The van der Waals surface area contributed by atoms with Crippen LogP contribution in [-0.2, 0) is 15.0 Å². The minimum absolute atomic E-state index is 0.108. The van der Waals surface area contributed by atoms with Crippen molar-refractivity contribution in [3.05, 3.63) is 58.2 Å². The summed E-state index contributed by atoms with van der Waals surface area (Å²) < 4.78 is 11.9. The van der Waals surface area contributed by atoms with Gasteiger partial charge in [0.1, 0.15) is 5.82 Å². The first kappa shape index (κ1) is 19.4. The van der Waals surface area contributed by atoms with Crippen molar-refractivity contribution in [3.8, 4) is 0 Å². The van der Waals surface area contributed by atoms with Crippen LogP contribution in [-0.4, -0.2) is 50.4 Å². The van der Waals surface area contributed by atoms with Crippen molar-refractivity contribution in [1.82, 2.24) is 10.3 Å². The van der Waals surface area contributed by atoms with E-state index in [-0.39, 0.29) is 5.91 Å². The number of benzene rings is 1. The summed E-state index contributed by atoms with van der Waals surface area (Å²) in [7, 11) is 0. The highest BCUT2D eigenvalue weighted by molar-refractivity contribution is 9.10. The number of carbonyl (C=O) groups is 1. The van der Waals surface area contributed by atoms with E-state index >= 15 is 0 Å². The van der Waals surface area contributed by atoms with Crippen LogP contribution in [0.3, 0.4) is 0 Å². The van der Waals surface area contributed by atoms with Gasteiger partial charge in [0.05, 0.1) is 24.3 Å². The molecule has 6 nitrogen and oxygen atoms in total. The number of hydrogen-bond donors (Lipinski definition) is 1. The highest BCUT2D eigenvalue weighted by Gasteiger charge is 2.36. The summed E-state index contributed by atoms with van der Waals surface area (Å²) in [5.74, 6) is 0.774. The lowest BCUT2D eigenvalue weighted by atomic mass is 9.82. The SMILES string of the molecule is O=C(NC1(c2cccc(Br)c2)CCOCC1)c1ccc(N2CCOCC2)nc1. The van der Waals surface area contributed by atoms with Crippen LogP contribution in [0, 0.1) is 0 Å². The van der Waals surface area contributed by atoms with Gasteiger partial charge in [-0.25, -0.2) is 4.98 Å². The van der Waals surface area contributed by atoms with Gasteiger partial charge in [-0.05, 0) is 42.7 Å². The molecule has 2 fully saturated rings. The molecule has 1 amide bonds. The number of nitrogens with one attached hydrogen (secondary N) is 1. The molecule has 1 aromatic heterocycles. The van der Waals surface area contributed by atoms with Crippen LogP contribution in [0.5, 0.6) is 0 Å². The Balaban J connectivity index is 1.53. The third-order valence-corrected chi connectivity index (χ3v) is 5.91. The first-order valence-corrected chi connectivity index (χ1v) is 10.4. The van der Waals surface area contributed by atoms with E-state index in [0.29, 0.717) is 32.0 Å². The van der Waals surface area contributed by atoms with Crippen LogP contribution in [0.2, 0.25) is 0 Å². The lowest BCUT2D eigenvalue weighted by molar-refractivity contribution is 0.0345. The van der Waals surface area contributed by atoms with Crippen LogP contribution in [0.1, 0.15) is 28.8 Å². The number of ether oxygens (including phenoxy) is 2. The van der Waals surface area contributed by atoms with Gasteiger partial charge in [0.15, 0.2) is 0 Å². The van der Waals surface area contributed by atoms with E-state index < -0.39 is 5.54 Å². The van der Waals surface area contributed by atoms with E-state index in [2.05, 4.69) is 43.3 Å². The van der Waals surface area contributed by atoms with Gasteiger partial charge in [0.2, 0.25) is 0 Å². The molecule has 2 aliphatic heterocycles. The Kier molecular flexibility index (Phi) is 5.94. The van der Waals surface area contributed by atoms with Crippen LogP contribution in [0.15, 0.2) is 47.1 Å². The van der Waals surface area contributed by atoms with Crippen LogP contribution in [0.4, 0.5) is 5.82 Å². The van der Waals surface area contributed by atoms with Crippen LogP contribution >= 0.6 is 15.9 Å². The minimum atomic E-state index is -0.429. The molecule has 2 aromatic rings. The lowest BCUT2D eigenvalue weighted by Gasteiger charge is -2.38. The van der Waals surface area contributed by atoms with Gasteiger partial charge in [-0.3, -0.25) is 4.79 Å². The average molecular weight is 446 g/mol. The second-order valence-electron chi connectivity index (χ2n) is 7.16. The average Bonchev–Trinajstić information content (AvgIpc) is 2.75. The Morgan fingerprint density at radius 2 is 1.82 bits per heavy atom. The Bertz CT molecular complexity index is 816. The van der Waals surface area contributed by atoms with Crippen molar-refractivity contribution >= 4 is 27.7 Å². The molecule has 28 heavy (non-hydrogen) atoms. The predicted octanol–water partition coefficient (Wildman–Crippen LogP) is 3.12. The van der Waals surface area contributed by atoms with Crippen LogP contribution in [0.25, 0.3) is 0 Å². The maximum Gasteiger partial charge on any atom is 0.253 e. The molecule has 0 bridgehead atoms. The largest absolute Gasteiger partial charge is 0.381 e. The number of rotatable bonds is 4. The fourth-order valence-electron chi connectivity index (χ4n) is 3.78. The second kappa shape index (κ2) is 8.59. The molecule has 0 saturated carbocycles. The molecule has 7 heteroatoms. The first-order valence-electron chi connectivity index (χ1n) is 9.61. The summed E-state index contributed by atoms with van der Waals surface area (Å²) in [6.07, 6.45) is 3.15. The van der Waals surface area contributed by atoms with Gasteiger partial charge < -0.3 is 19.7 Å². The first-order chi connectivity index (χ1) is 13.7. The summed E-state index contributed by atoms with van der Waals surface area (Å²) in [5.41, 5.74) is 1.23. The van der Waals surface area contributed by atoms with Gasteiger partial charge >= 0.3 is 0 Å². The predicted molar refractivity (Wildman–Crippen MR) is 111 cm³/mol. The number of nitrogens with zero attached hydrogens (tertiary/aromatic N) is 2. The zero-order chi connectivity index (χ0) is 19.4. The number of hydrogen-bond acceptors (Lipinski definition) is 5. The highest BCUT2D eigenvalue weighted by atomic mass is 79.9. The normalized spacial score (nSPS) is 19.2. The van der Waals surface area contributed by atoms with E-state index in [4.69, 9.17) is 9.47 Å².